The van der Waals surface area contributed by atoms with Crippen LogP contribution in [0.25, 0.3) is 0 Å². The van der Waals surface area contributed by atoms with E-state index in [9.17, 15) is 17.6 Å². The van der Waals surface area contributed by atoms with E-state index in [1.807, 2.05) is 18.2 Å². The largest absolute Gasteiger partial charge is 0.371 e. The van der Waals surface area contributed by atoms with Gasteiger partial charge in [-0.3, -0.25) is 4.79 Å². The fourth-order valence-corrected chi connectivity index (χ4v) is 5.84. The van der Waals surface area contributed by atoms with E-state index >= 15 is 0 Å². The highest BCUT2D eigenvalue weighted by Gasteiger charge is 2.32. The van der Waals surface area contributed by atoms with E-state index in [0.717, 1.165) is 30.8 Å². The SMILES string of the molecule is O=C(NCc1ccccc1N1CCCC1)C1CCN(S(=O)(=O)c2ccc(F)cc2)CC1. The number of nitrogens with zero attached hydrogens (tertiary/aromatic N) is 2. The number of carbonyl (C=O) groups excluding carboxylic acids is 1. The Morgan fingerprint density at radius 2 is 1.61 bits per heavy atom. The average molecular weight is 446 g/mol. The second-order valence-corrected chi connectivity index (χ2v) is 10.1. The Hall–Kier alpha value is -2.45. The minimum atomic E-state index is -3.67. The second-order valence-electron chi connectivity index (χ2n) is 8.17. The number of piperidine rings is 1. The fourth-order valence-electron chi connectivity index (χ4n) is 4.37. The van der Waals surface area contributed by atoms with Crippen molar-refractivity contribution in [2.45, 2.75) is 37.1 Å². The third-order valence-corrected chi connectivity index (χ3v) is 8.08. The predicted molar refractivity (Wildman–Crippen MR) is 118 cm³/mol. The molecule has 8 heteroatoms. The Balaban J connectivity index is 1.32. The topological polar surface area (TPSA) is 69.7 Å². The summed E-state index contributed by atoms with van der Waals surface area (Å²) in [7, 11) is -3.67. The Kier molecular flexibility index (Phi) is 6.57. The number of sulfonamides is 1. The molecule has 0 atom stereocenters. The van der Waals surface area contributed by atoms with Crippen molar-refractivity contribution in [3.8, 4) is 0 Å². The van der Waals surface area contributed by atoms with Crippen LogP contribution in [0.4, 0.5) is 10.1 Å². The summed E-state index contributed by atoms with van der Waals surface area (Å²) in [6.45, 7) is 3.13. The Morgan fingerprint density at radius 3 is 2.29 bits per heavy atom. The number of anilines is 1. The molecule has 0 bridgehead atoms. The molecule has 2 aromatic carbocycles. The maximum absolute atomic E-state index is 13.1. The van der Waals surface area contributed by atoms with Gasteiger partial charge in [0.05, 0.1) is 4.90 Å². The molecule has 0 aliphatic carbocycles. The van der Waals surface area contributed by atoms with Gasteiger partial charge in [0.2, 0.25) is 15.9 Å². The predicted octanol–water partition coefficient (Wildman–Crippen LogP) is 3.14. The number of amides is 1. The van der Waals surface area contributed by atoms with Crippen LogP contribution in [0.5, 0.6) is 0 Å². The summed E-state index contributed by atoms with van der Waals surface area (Å²) in [4.78, 5) is 15.2. The summed E-state index contributed by atoms with van der Waals surface area (Å²) < 4.78 is 40.0. The number of rotatable bonds is 6. The van der Waals surface area contributed by atoms with Crippen LogP contribution in [0.1, 0.15) is 31.2 Å². The molecular formula is C23H28FN3O3S. The molecule has 2 heterocycles. The lowest BCUT2D eigenvalue weighted by atomic mass is 9.97. The average Bonchev–Trinajstić information content (AvgIpc) is 3.33. The van der Waals surface area contributed by atoms with Crippen LogP contribution in [-0.2, 0) is 21.4 Å². The summed E-state index contributed by atoms with van der Waals surface area (Å²) in [5.41, 5.74) is 2.29. The zero-order chi connectivity index (χ0) is 21.8. The van der Waals surface area contributed by atoms with Crippen molar-refractivity contribution in [1.82, 2.24) is 9.62 Å². The van der Waals surface area contributed by atoms with Gasteiger partial charge in [-0.1, -0.05) is 18.2 Å². The summed E-state index contributed by atoms with van der Waals surface area (Å²) in [5, 5.41) is 3.05. The van der Waals surface area contributed by atoms with Gasteiger partial charge < -0.3 is 10.2 Å². The maximum Gasteiger partial charge on any atom is 0.243 e. The maximum atomic E-state index is 13.1. The first kappa shape index (κ1) is 21.8. The van der Waals surface area contributed by atoms with E-state index in [2.05, 4.69) is 16.3 Å². The zero-order valence-electron chi connectivity index (χ0n) is 17.5. The Morgan fingerprint density at radius 1 is 0.968 bits per heavy atom. The Bertz CT molecular complexity index is 1010. The van der Waals surface area contributed by atoms with Crippen LogP contribution in [0.2, 0.25) is 0 Å². The first-order valence-electron chi connectivity index (χ1n) is 10.8. The molecule has 6 nitrogen and oxygen atoms in total. The number of halogens is 1. The van der Waals surface area contributed by atoms with Gasteiger partial charge in [-0.2, -0.15) is 4.31 Å². The molecule has 31 heavy (non-hydrogen) atoms. The Labute approximate surface area is 183 Å². The quantitative estimate of drug-likeness (QED) is 0.742. The van der Waals surface area contributed by atoms with E-state index < -0.39 is 15.8 Å². The van der Waals surface area contributed by atoms with Crippen LogP contribution in [0, 0.1) is 11.7 Å². The summed E-state index contributed by atoms with van der Waals surface area (Å²) >= 11 is 0. The highest BCUT2D eigenvalue weighted by Crippen LogP contribution is 2.26. The fraction of sp³-hybridized carbons (Fsp3) is 0.435. The van der Waals surface area contributed by atoms with Crippen molar-refractivity contribution in [3.63, 3.8) is 0 Å². The zero-order valence-corrected chi connectivity index (χ0v) is 18.3. The van der Waals surface area contributed by atoms with Crippen molar-refractivity contribution in [3.05, 3.63) is 59.9 Å². The van der Waals surface area contributed by atoms with E-state index in [4.69, 9.17) is 0 Å². The van der Waals surface area contributed by atoms with Crippen LogP contribution in [-0.4, -0.2) is 44.8 Å². The van der Waals surface area contributed by atoms with Crippen molar-refractivity contribution in [2.75, 3.05) is 31.1 Å². The molecule has 1 N–H and O–H groups in total. The van der Waals surface area contributed by atoms with E-state index in [-0.39, 0.29) is 29.8 Å². The van der Waals surface area contributed by atoms with Gasteiger partial charge in [-0.25, -0.2) is 12.8 Å². The molecule has 166 valence electrons. The molecule has 0 aromatic heterocycles. The van der Waals surface area contributed by atoms with Gasteiger partial charge in [-0.15, -0.1) is 0 Å². The van der Waals surface area contributed by atoms with Gasteiger partial charge in [0.25, 0.3) is 0 Å². The third-order valence-electron chi connectivity index (χ3n) is 6.17. The van der Waals surface area contributed by atoms with Gasteiger partial charge in [0, 0.05) is 44.3 Å². The monoisotopic (exact) mass is 445 g/mol. The smallest absolute Gasteiger partial charge is 0.243 e. The molecule has 2 aliphatic heterocycles. The van der Waals surface area contributed by atoms with E-state index in [1.165, 1.54) is 35.0 Å². The lowest BCUT2D eigenvalue weighted by Crippen LogP contribution is -2.42. The van der Waals surface area contributed by atoms with Crippen molar-refractivity contribution < 1.29 is 17.6 Å². The lowest BCUT2D eigenvalue weighted by molar-refractivity contribution is -0.126. The third kappa shape index (κ3) is 4.91. The van der Waals surface area contributed by atoms with Crippen LogP contribution in [0.15, 0.2) is 53.4 Å². The lowest BCUT2D eigenvalue weighted by Gasteiger charge is -2.30. The minimum Gasteiger partial charge on any atom is -0.371 e. The van der Waals surface area contributed by atoms with Crippen molar-refractivity contribution in [2.24, 2.45) is 5.92 Å². The number of benzene rings is 2. The number of nitrogens with one attached hydrogen (secondary N) is 1. The van der Waals surface area contributed by atoms with E-state index in [1.54, 1.807) is 0 Å². The van der Waals surface area contributed by atoms with Crippen LogP contribution < -0.4 is 10.2 Å². The number of carbonyl (C=O) groups is 1. The molecule has 2 aliphatic rings. The molecule has 0 spiro atoms. The summed E-state index contributed by atoms with van der Waals surface area (Å²) in [5.74, 6) is -0.714. The molecule has 0 radical (unpaired) electrons. The van der Waals surface area contributed by atoms with Gasteiger partial charge in [0.15, 0.2) is 0 Å². The molecular weight excluding hydrogens is 417 g/mol. The van der Waals surface area contributed by atoms with Crippen LogP contribution in [0.3, 0.4) is 0 Å². The number of hydrogen-bond donors (Lipinski definition) is 1. The second kappa shape index (κ2) is 9.36. The van der Waals surface area contributed by atoms with Gasteiger partial charge >= 0.3 is 0 Å². The molecule has 1 amide bonds. The molecule has 4 rings (SSSR count). The molecule has 2 saturated heterocycles. The van der Waals surface area contributed by atoms with Gasteiger partial charge in [0.1, 0.15) is 5.82 Å². The minimum absolute atomic E-state index is 0.0324. The van der Waals surface area contributed by atoms with Crippen LogP contribution >= 0.6 is 0 Å². The number of para-hydroxylation sites is 1. The molecule has 2 aromatic rings. The van der Waals surface area contributed by atoms with E-state index in [0.29, 0.717) is 19.4 Å². The van der Waals surface area contributed by atoms with Crippen molar-refractivity contribution >= 4 is 21.6 Å². The first-order chi connectivity index (χ1) is 14.9. The summed E-state index contributed by atoms with van der Waals surface area (Å²) in [6, 6.07) is 13.0. The number of hydrogen-bond acceptors (Lipinski definition) is 4. The van der Waals surface area contributed by atoms with Gasteiger partial charge in [-0.05, 0) is 61.6 Å². The first-order valence-corrected chi connectivity index (χ1v) is 12.3. The molecule has 0 unspecified atom stereocenters. The summed E-state index contributed by atoms with van der Waals surface area (Å²) in [6.07, 6.45) is 3.33. The van der Waals surface area contributed by atoms with Crippen molar-refractivity contribution in [1.29, 1.82) is 0 Å². The normalized spacial score (nSPS) is 18.3. The standard InChI is InChI=1S/C23H28FN3O3S/c24-20-7-9-21(10-8-20)31(29,30)27-15-11-18(12-16-27)23(28)25-17-19-5-1-2-6-22(19)26-13-3-4-14-26/h1-2,5-10,18H,3-4,11-17H2,(H,25,28). The highest BCUT2D eigenvalue weighted by atomic mass is 32.2. The highest BCUT2D eigenvalue weighted by molar-refractivity contribution is 7.89. The molecule has 0 saturated carbocycles. The molecule has 2 fully saturated rings.